The lowest BCUT2D eigenvalue weighted by molar-refractivity contribution is 0.0551. The molecule has 0 fully saturated rings. The molecule has 1 unspecified atom stereocenters. The number of nitrogens with zero attached hydrogens (tertiary/aromatic N) is 1. The van der Waals surface area contributed by atoms with E-state index in [-0.39, 0.29) is 5.41 Å². The minimum absolute atomic E-state index is 0.0832. The van der Waals surface area contributed by atoms with Crippen molar-refractivity contribution in [1.29, 1.82) is 0 Å². The normalized spacial score (nSPS) is 15.0. The Kier molecular flexibility index (Phi) is 4.80. The van der Waals surface area contributed by atoms with E-state index in [0.29, 0.717) is 13.1 Å². The van der Waals surface area contributed by atoms with Crippen molar-refractivity contribution in [3.8, 4) is 0 Å². The van der Waals surface area contributed by atoms with E-state index in [1.165, 1.54) is 0 Å². The topological polar surface area (TPSA) is 58.3 Å². The van der Waals surface area contributed by atoms with Crippen molar-refractivity contribution >= 4 is 11.3 Å². The summed E-state index contributed by atoms with van der Waals surface area (Å²) in [6, 6.07) is 1.90. The zero-order valence-electron chi connectivity index (χ0n) is 14.3. The Morgan fingerprint density at radius 3 is 2.45 bits per heavy atom. The predicted octanol–water partition coefficient (Wildman–Crippen LogP) is 3.65. The van der Waals surface area contributed by atoms with Crippen molar-refractivity contribution in [3.05, 3.63) is 39.2 Å². The first-order valence-electron chi connectivity index (χ1n) is 7.55. The number of thiazole rings is 1. The van der Waals surface area contributed by atoms with Crippen LogP contribution in [0.3, 0.4) is 0 Å². The molecule has 0 aromatic carbocycles. The lowest BCUT2D eigenvalue weighted by Crippen LogP contribution is -2.35. The van der Waals surface area contributed by atoms with Crippen LogP contribution in [0.1, 0.15) is 55.5 Å². The molecule has 2 aromatic heterocycles. The van der Waals surface area contributed by atoms with E-state index in [1.807, 2.05) is 19.9 Å². The second kappa shape index (κ2) is 6.14. The van der Waals surface area contributed by atoms with Gasteiger partial charge in [-0.25, -0.2) is 4.98 Å². The van der Waals surface area contributed by atoms with Gasteiger partial charge < -0.3 is 14.8 Å². The van der Waals surface area contributed by atoms with E-state index < -0.39 is 5.60 Å². The maximum Gasteiger partial charge on any atom is 0.107 e. The number of hydrogen-bond donors (Lipinski definition) is 2. The summed E-state index contributed by atoms with van der Waals surface area (Å²) in [7, 11) is 0. The van der Waals surface area contributed by atoms with Gasteiger partial charge in [0.15, 0.2) is 0 Å². The van der Waals surface area contributed by atoms with Crippen LogP contribution >= 0.6 is 11.3 Å². The molecule has 0 bridgehead atoms. The molecule has 2 heterocycles. The largest absolute Gasteiger partial charge is 0.466 e. The standard InChI is InChI=1S/C17H26N2O2S/c1-11-7-14(12(2)21-11)17(6,20)10-18-8-13-9-22-15(19-13)16(3,4)5/h7,9,18,20H,8,10H2,1-6H3. The van der Waals surface area contributed by atoms with Gasteiger partial charge in [0, 0.05) is 29.4 Å². The van der Waals surface area contributed by atoms with Crippen molar-refractivity contribution in [2.75, 3.05) is 6.54 Å². The monoisotopic (exact) mass is 322 g/mol. The Labute approximate surface area is 136 Å². The zero-order chi connectivity index (χ0) is 16.5. The van der Waals surface area contributed by atoms with Crippen molar-refractivity contribution < 1.29 is 9.52 Å². The summed E-state index contributed by atoms with van der Waals surface area (Å²) >= 11 is 1.69. The summed E-state index contributed by atoms with van der Waals surface area (Å²) < 4.78 is 5.51. The Morgan fingerprint density at radius 2 is 1.95 bits per heavy atom. The third kappa shape index (κ3) is 3.97. The van der Waals surface area contributed by atoms with Crippen LogP contribution in [0.4, 0.5) is 0 Å². The highest BCUT2D eigenvalue weighted by atomic mass is 32.1. The SMILES string of the molecule is Cc1cc(C(C)(O)CNCc2csc(C(C)(C)C)n2)c(C)o1. The van der Waals surface area contributed by atoms with Crippen LogP contribution in [0.5, 0.6) is 0 Å². The fraction of sp³-hybridized carbons (Fsp3) is 0.588. The van der Waals surface area contributed by atoms with Crippen LogP contribution in [0, 0.1) is 13.8 Å². The van der Waals surface area contributed by atoms with Gasteiger partial charge in [-0.3, -0.25) is 0 Å². The van der Waals surface area contributed by atoms with Gasteiger partial charge in [0.05, 0.1) is 10.7 Å². The number of hydrogen-bond acceptors (Lipinski definition) is 5. The van der Waals surface area contributed by atoms with Crippen LogP contribution in [0.25, 0.3) is 0 Å². The Balaban J connectivity index is 1.95. The first-order valence-corrected chi connectivity index (χ1v) is 8.43. The number of nitrogens with one attached hydrogen (secondary N) is 1. The molecule has 0 aliphatic rings. The molecule has 1 atom stereocenters. The quantitative estimate of drug-likeness (QED) is 0.882. The summed E-state index contributed by atoms with van der Waals surface area (Å²) in [5.41, 5.74) is 0.988. The molecule has 5 heteroatoms. The van der Waals surface area contributed by atoms with Gasteiger partial charge in [0.25, 0.3) is 0 Å². The van der Waals surface area contributed by atoms with Crippen molar-refractivity contribution in [1.82, 2.24) is 10.3 Å². The molecule has 2 rings (SSSR count). The molecule has 0 saturated heterocycles. The molecule has 2 N–H and O–H groups in total. The van der Waals surface area contributed by atoms with Crippen LogP contribution in [0.15, 0.2) is 15.9 Å². The van der Waals surface area contributed by atoms with E-state index in [0.717, 1.165) is 27.8 Å². The fourth-order valence-electron chi connectivity index (χ4n) is 2.43. The smallest absolute Gasteiger partial charge is 0.107 e. The molecule has 0 aliphatic carbocycles. The molecule has 4 nitrogen and oxygen atoms in total. The highest BCUT2D eigenvalue weighted by Crippen LogP contribution is 2.27. The zero-order valence-corrected chi connectivity index (χ0v) is 15.1. The molecular formula is C17H26N2O2S. The molecule has 0 saturated carbocycles. The molecule has 122 valence electrons. The third-order valence-electron chi connectivity index (χ3n) is 3.59. The number of aryl methyl sites for hydroxylation is 2. The lowest BCUT2D eigenvalue weighted by Gasteiger charge is -2.23. The highest BCUT2D eigenvalue weighted by molar-refractivity contribution is 7.09. The molecule has 22 heavy (non-hydrogen) atoms. The van der Waals surface area contributed by atoms with Gasteiger partial charge in [-0.15, -0.1) is 11.3 Å². The maximum atomic E-state index is 10.7. The summed E-state index contributed by atoms with van der Waals surface area (Å²) in [4.78, 5) is 4.65. The van der Waals surface area contributed by atoms with Gasteiger partial charge in [0.1, 0.15) is 17.1 Å². The molecule has 0 spiro atoms. The number of furan rings is 1. The van der Waals surface area contributed by atoms with Gasteiger partial charge in [-0.1, -0.05) is 20.8 Å². The van der Waals surface area contributed by atoms with E-state index in [9.17, 15) is 5.11 Å². The Bertz CT molecular complexity index is 635. The summed E-state index contributed by atoms with van der Waals surface area (Å²) in [5, 5.41) is 17.2. The van der Waals surface area contributed by atoms with E-state index in [2.05, 4.69) is 36.5 Å². The molecular weight excluding hydrogens is 296 g/mol. The maximum absolute atomic E-state index is 10.7. The third-order valence-corrected chi connectivity index (χ3v) is 4.91. The number of rotatable bonds is 5. The molecule has 0 amide bonds. The van der Waals surface area contributed by atoms with Crippen LogP contribution in [-0.4, -0.2) is 16.6 Å². The average Bonchev–Trinajstić information content (AvgIpc) is 2.95. The number of aliphatic hydroxyl groups is 1. The van der Waals surface area contributed by atoms with Gasteiger partial charge in [0.2, 0.25) is 0 Å². The van der Waals surface area contributed by atoms with E-state index in [4.69, 9.17) is 4.42 Å². The molecule has 0 aliphatic heterocycles. The van der Waals surface area contributed by atoms with Gasteiger partial charge in [-0.05, 0) is 26.8 Å². The minimum atomic E-state index is -0.954. The van der Waals surface area contributed by atoms with Gasteiger partial charge >= 0.3 is 0 Å². The van der Waals surface area contributed by atoms with Crippen molar-refractivity contribution in [2.24, 2.45) is 0 Å². The van der Waals surface area contributed by atoms with Crippen LogP contribution < -0.4 is 5.32 Å². The second-order valence-electron chi connectivity index (χ2n) is 7.10. The van der Waals surface area contributed by atoms with E-state index >= 15 is 0 Å². The summed E-state index contributed by atoms with van der Waals surface area (Å²) in [6.07, 6.45) is 0. The Morgan fingerprint density at radius 1 is 1.27 bits per heavy atom. The van der Waals surface area contributed by atoms with Crippen LogP contribution in [-0.2, 0) is 17.6 Å². The predicted molar refractivity (Wildman–Crippen MR) is 90.3 cm³/mol. The second-order valence-corrected chi connectivity index (χ2v) is 7.96. The summed E-state index contributed by atoms with van der Waals surface area (Å²) in [5.74, 6) is 1.59. The summed E-state index contributed by atoms with van der Waals surface area (Å²) in [6.45, 7) is 13.2. The van der Waals surface area contributed by atoms with Crippen molar-refractivity contribution in [2.45, 2.75) is 59.1 Å². The van der Waals surface area contributed by atoms with E-state index in [1.54, 1.807) is 18.3 Å². The first kappa shape index (κ1) is 17.2. The first-order chi connectivity index (χ1) is 10.1. The Hall–Kier alpha value is -1.17. The van der Waals surface area contributed by atoms with Crippen LogP contribution in [0.2, 0.25) is 0 Å². The molecule has 0 radical (unpaired) electrons. The average molecular weight is 322 g/mol. The number of aromatic nitrogens is 1. The minimum Gasteiger partial charge on any atom is -0.466 e. The fourth-order valence-corrected chi connectivity index (χ4v) is 3.33. The molecule has 2 aromatic rings. The van der Waals surface area contributed by atoms with Crippen molar-refractivity contribution in [3.63, 3.8) is 0 Å². The highest BCUT2D eigenvalue weighted by Gasteiger charge is 2.27. The lowest BCUT2D eigenvalue weighted by atomic mass is 9.96. The van der Waals surface area contributed by atoms with Gasteiger partial charge in [-0.2, -0.15) is 0 Å².